The van der Waals surface area contributed by atoms with Gasteiger partial charge in [-0.05, 0) is 36.1 Å². The van der Waals surface area contributed by atoms with Crippen molar-refractivity contribution in [3.63, 3.8) is 0 Å². The average Bonchev–Trinajstić information content (AvgIpc) is 3.36. The lowest BCUT2D eigenvalue weighted by molar-refractivity contribution is 0.0693. The van der Waals surface area contributed by atoms with Crippen LogP contribution in [-0.4, -0.2) is 34.8 Å². The number of hydrogen-bond acceptors (Lipinski definition) is 5. The molecule has 174 valence electrons. The van der Waals surface area contributed by atoms with Gasteiger partial charge in [-0.15, -0.1) is 0 Å². The molecule has 1 aliphatic rings. The molecule has 1 fully saturated rings. The van der Waals surface area contributed by atoms with Crippen LogP contribution in [0.15, 0.2) is 94.8 Å². The third kappa shape index (κ3) is 4.82. The summed E-state index contributed by atoms with van der Waals surface area (Å²) in [5, 5.41) is 0.0106. The maximum absolute atomic E-state index is 13.4. The molecule has 0 bridgehead atoms. The molecule has 1 aliphatic carbocycles. The molecule has 8 heteroatoms. The van der Waals surface area contributed by atoms with Gasteiger partial charge in [0.2, 0.25) is 15.0 Å². The molecular weight excluding hydrogens is 450 g/mol. The number of carbonyl (C=O) groups is 1. The zero-order chi connectivity index (χ0) is 23.5. The number of furan rings is 1. The Hall–Kier alpha value is -3.65. The Morgan fingerprint density at radius 1 is 0.971 bits per heavy atom. The molecule has 5 rings (SSSR count). The zero-order valence-corrected chi connectivity index (χ0v) is 19.4. The van der Waals surface area contributed by atoms with Crippen molar-refractivity contribution < 1.29 is 17.6 Å². The molecule has 0 saturated heterocycles. The number of imidazole rings is 1. The second-order valence-corrected chi connectivity index (χ2v) is 10.4. The van der Waals surface area contributed by atoms with Crippen molar-refractivity contribution in [3.8, 4) is 0 Å². The van der Waals surface area contributed by atoms with Crippen molar-refractivity contribution in [2.45, 2.75) is 42.9 Å². The molecule has 0 unspecified atom stereocenters. The maximum Gasteiger partial charge on any atom is 0.290 e. The number of benzene rings is 2. The van der Waals surface area contributed by atoms with Gasteiger partial charge in [0.25, 0.3) is 5.91 Å². The summed E-state index contributed by atoms with van der Waals surface area (Å²) in [6, 6.07) is 22.2. The van der Waals surface area contributed by atoms with Crippen LogP contribution in [-0.2, 0) is 28.7 Å². The number of amides is 1. The topological polar surface area (TPSA) is 85.4 Å². The van der Waals surface area contributed by atoms with Gasteiger partial charge in [0.15, 0.2) is 5.76 Å². The summed E-state index contributed by atoms with van der Waals surface area (Å²) in [6.45, 7) is 0.595. The third-order valence-electron chi connectivity index (χ3n) is 5.88. The monoisotopic (exact) mass is 475 g/mol. The predicted molar refractivity (Wildman–Crippen MR) is 127 cm³/mol. The molecule has 1 amide bonds. The minimum absolute atomic E-state index is 0.0106. The molecule has 7 nitrogen and oxygen atoms in total. The fraction of sp³-hybridized carbons (Fsp3) is 0.231. The van der Waals surface area contributed by atoms with Crippen LogP contribution < -0.4 is 0 Å². The van der Waals surface area contributed by atoms with Crippen LogP contribution in [0.4, 0.5) is 0 Å². The van der Waals surface area contributed by atoms with Crippen molar-refractivity contribution in [1.29, 1.82) is 0 Å². The quantitative estimate of drug-likeness (QED) is 0.360. The molecule has 0 aliphatic heterocycles. The van der Waals surface area contributed by atoms with E-state index in [9.17, 15) is 13.2 Å². The number of sulfone groups is 1. The van der Waals surface area contributed by atoms with Crippen LogP contribution in [0.3, 0.4) is 0 Å². The summed E-state index contributed by atoms with van der Waals surface area (Å²) in [4.78, 5) is 19.2. The average molecular weight is 476 g/mol. The highest BCUT2D eigenvalue weighted by molar-refractivity contribution is 7.90. The number of nitrogens with zero attached hydrogens (tertiary/aromatic N) is 3. The van der Waals surface area contributed by atoms with Crippen LogP contribution in [0.25, 0.3) is 0 Å². The first-order valence-corrected chi connectivity index (χ1v) is 12.9. The second-order valence-electron chi connectivity index (χ2n) is 8.49. The summed E-state index contributed by atoms with van der Waals surface area (Å²) >= 11 is 0. The number of hydrogen-bond donors (Lipinski definition) is 0. The predicted octanol–water partition coefficient (Wildman–Crippen LogP) is 4.30. The van der Waals surface area contributed by atoms with E-state index in [0.717, 1.165) is 18.4 Å². The molecule has 1 saturated carbocycles. The molecule has 2 heterocycles. The second kappa shape index (κ2) is 9.30. The SMILES string of the molecule is O=C(c1ccco1)N(Cc1cnc(S(=O)(=O)Cc2ccccc2)n1Cc1ccccc1)C1CC1. The van der Waals surface area contributed by atoms with Gasteiger partial charge < -0.3 is 13.9 Å². The molecule has 0 N–H and O–H groups in total. The van der Waals surface area contributed by atoms with Crippen molar-refractivity contribution in [1.82, 2.24) is 14.5 Å². The smallest absolute Gasteiger partial charge is 0.290 e. The first-order chi connectivity index (χ1) is 16.5. The largest absolute Gasteiger partial charge is 0.459 e. The standard InChI is InChI=1S/C26H25N3O4S/c30-25(24-12-7-15-33-24)28(22-13-14-22)18-23-16-27-26(29(23)17-20-8-3-1-4-9-20)34(31,32)19-21-10-5-2-6-11-21/h1-12,15-16,22H,13-14,17-19H2. The van der Waals surface area contributed by atoms with E-state index >= 15 is 0 Å². The van der Waals surface area contributed by atoms with Crippen LogP contribution in [0, 0.1) is 0 Å². The van der Waals surface area contributed by atoms with Gasteiger partial charge in [-0.1, -0.05) is 60.7 Å². The number of carbonyl (C=O) groups excluding carboxylic acids is 1. The molecule has 4 aromatic rings. The van der Waals surface area contributed by atoms with E-state index in [2.05, 4.69) is 4.98 Å². The third-order valence-corrected chi connectivity index (χ3v) is 7.47. The first-order valence-electron chi connectivity index (χ1n) is 11.2. The Morgan fingerprint density at radius 2 is 1.65 bits per heavy atom. The highest BCUT2D eigenvalue weighted by atomic mass is 32.2. The lowest BCUT2D eigenvalue weighted by atomic mass is 10.2. The van der Waals surface area contributed by atoms with E-state index in [4.69, 9.17) is 4.42 Å². The highest BCUT2D eigenvalue weighted by Crippen LogP contribution is 2.31. The Labute approximate surface area is 198 Å². The van der Waals surface area contributed by atoms with Crippen LogP contribution in [0.2, 0.25) is 0 Å². The molecule has 2 aromatic carbocycles. The van der Waals surface area contributed by atoms with E-state index < -0.39 is 9.84 Å². The summed E-state index contributed by atoms with van der Waals surface area (Å²) in [5.41, 5.74) is 2.32. The summed E-state index contributed by atoms with van der Waals surface area (Å²) in [6.07, 6.45) is 4.88. The highest BCUT2D eigenvalue weighted by Gasteiger charge is 2.35. The van der Waals surface area contributed by atoms with Gasteiger partial charge >= 0.3 is 0 Å². The zero-order valence-electron chi connectivity index (χ0n) is 18.6. The molecule has 0 atom stereocenters. The molecule has 0 radical (unpaired) electrons. The maximum atomic E-state index is 13.4. The van der Waals surface area contributed by atoms with Gasteiger partial charge in [-0.25, -0.2) is 13.4 Å². The van der Waals surface area contributed by atoms with Gasteiger partial charge in [0, 0.05) is 6.04 Å². The van der Waals surface area contributed by atoms with Gasteiger partial charge in [0.1, 0.15) is 0 Å². The van der Waals surface area contributed by atoms with Gasteiger partial charge in [0.05, 0.1) is 37.0 Å². The molecule has 2 aromatic heterocycles. The normalized spacial score (nSPS) is 13.6. The van der Waals surface area contributed by atoms with Crippen LogP contribution in [0.5, 0.6) is 0 Å². The van der Waals surface area contributed by atoms with Crippen LogP contribution in [0.1, 0.15) is 40.2 Å². The van der Waals surface area contributed by atoms with Gasteiger partial charge in [-0.2, -0.15) is 0 Å². The van der Waals surface area contributed by atoms with Crippen molar-refractivity contribution in [2.24, 2.45) is 0 Å². The minimum atomic E-state index is -3.72. The lowest BCUT2D eigenvalue weighted by Gasteiger charge is -2.22. The Kier molecular flexibility index (Phi) is 6.06. The Morgan fingerprint density at radius 3 is 2.26 bits per heavy atom. The van der Waals surface area contributed by atoms with Gasteiger partial charge in [-0.3, -0.25) is 4.79 Å². The van der Waals surface area contributed by atoms with E-state index in [0.29, 0.717) is 17.8 Å². The van der Waals surface area contributed by atoms with Crippen LogP contribution >= 0.6 is 0 Å². The van der Waals surface area contributed by atoms with Crippen molar-refractivity contribution in [3.05, 3.63) is 108 Å². The van der Waals surface area contributed by atoms with E-state index in [-0.39, 0.29) is 35.2 Å². The fourth-order valence-corrected chi connectivity index (χ4v) is 5.52. The fourth-order valence-electron chi connectivity index (χ4n) is 4.03. The Balaban J connectivity index is 1.50. The molecule has 34 heavy (non-hydrogen) atoms. The summed E-state index contributed by atoms with van der Waals surface area (Å²) in [7, 11) is -3.72. The molecular formula is C26H25N3O4S. The summed E-state index contributed by atoms with van der Waals surface area (Å²) < 4.78 is 33.9. The number of rotatable bonds is 9. The summed E-state index contributed by atoms with van der Waals surface area (Å²) in [5.74, 6) is -0.0666. The first kappa shape index (κ1) is 22.2. The minimum Gasteiger partial charge on any atom is -0.459 e. The van der Waals surface area contributed by atoms with E-state index in [1.54, 1.807) is 39.9 Å². The lowest BCUT2D eigenvalue weighted by Crippen LogP contribution is -2.33. The van der Waals surface area contributed by atoms with Crippen molar-refractivity contribution >= 4 is 15.7 Å². The van der Waals surface area contributed by atoms with E-state index in [1.165, 1.54) is 6.26 Å². The van der Waals surface area contributed by atoms with Crippen molar-refractivity contribution in [2.75, 3.05) is 0 Å². The Bertz CT molecular complexity index is 1360. The number of aromatic nitrogens is 2. The van der Waals surface area contributed by atoms with E-state index in [1.807, 2.05) is 48.5 Å². The molecule has 0 spiro atoms.